The molecular weight excluding hydrogens is 370 g/mol. The van der Waals surface area contributed by atoms with Crippen LogP contribution in [0.5, 0.6) is 6.01 Å². The summed E-state index contributed by atoms with van der Waals surface area (Å²) in [6.45, 7) is 2.23. The summed E-state index contributed by atoms with van der Waals surface area (Å²) in [6, 6.07) is 1.38. The van der Waals surface area contributed by atoms with Crippen LogP contribution in [-0.4, -0.2) is 15.7 Å². The van der Waals surface area contributed by atoms with Gasteiger partial charge in [0, 0.05) is 6.07 Å². The van der Waals surface area contributed by atoms with Crippen molar-refractivity contribution < 1.29 is 9.25 Å². The van der Waals surface area contributed by atoms with Crippen molar-refractivity contribution in [2.45, 2.75) is 77.6 Å². The first-order chi connectivity index (χ1) is 14.1. The van der Waals surface area contributed by atoms with Gasteiger partial charge in [-0.25, -0.2) is 4.79 Å². The predicted molar refractivity (Wildman–Crippen MR) is 111 cm³/mol. The van der Waals surface area contributed by atoms with Crippen LogP contribution in [0.15, 0.2) is 25.2 Å². The first-order valence-corrected chi connectivity index (χ1v) is 10.9. The van der Waals surface area contributed by atoms with Gasteiger partial charge in [0.15, 0.2) is 0 Å². The number of H-pyrrole nitrogens is 1. The van der Waals surface area contributed by atoms with Crippen LogP contribution in [0.4, 0.5) is 0 Å². The first-order valence-electron chi connectivity index (χ1n) is 10.9. The Morgan fingerprint density at radius 2 is 1.93 bits per heavy atom. The van der Waals surface area contributed by atoms with E-state index in [1.54, 1.807) is 0 Å². The molecule has 0 aliphatic heterocycles. The molecule has 0 saturated heterocycles. The van der Waals surface area contributed by atoms with Crippen molar-refractivity contribution in [1.29, 1.82) is 0 Å². The fourth-order valence-electron chi connectivity index (χ4n) is 4.50. The molecule has 7 nitrogen and oxygen atoms in total. The lowest BCUT2D eigenvalue weighted by atomic mass is 9.85. The van der Waals surface area contributed by atoms with Gasteiger partial charge in [0.2, 0.25) is 5.71 Å². The Morgan fingerprint density at radius 3 is 2.69 bits per heavy atom. The molecule has 2 aliphatic carbocycles. The zero-order chi connectivity index (χ0) is 20.2. The van der Waals surface area contributed by atoms with E-state index in [4.69, 9.17) is 9.25 Å². The SMILES string of the molecule is CC1CCC(=NOc2nc3oc(=O)cc(CCC4CCCCC4)c3c(=O)[nH]2)CC1. The Balaban J connectivity index is 1.54. The Hall–Kier alpha value is -2.44. The first kappa shape index (κ1) is 19.9. The van der Waals surface area contributed by atoms with Crippen molar-refractivity contribution in [1.82, 2.24) is 9.97 Å². The highest BCUT2D eigenvalue weighted by Crippen LogP contribution is 2.28. The summed E-state index contributed by atoms with van der Waals surface area (Å²) in [5, 5.41) is 4.48. The van der Waals surface area contributed by atoms with E-state index in [1.807, 2.05) is 0 Å². The minimum Gasteiger partial charge on any atom is -0.403 e. The van der Waals surface area contributed by atoms with Gasteiger partial charge < -0.3 is 9.25 Å². The van der Waals surface area contributed by atoms with Crippen LogP contribution in [-0.2, 0) is 6.42 Å². The number of aryl methyl sites for hydroxylation is 1. The fraction of sp³-hybridized carbons (Fsp3) is 0.636. The van der Waals surface area contributed by atoms with Crippen molar-refractivity contribution in [3.05, 3.63) is 32.4 Å². The average molecular weight is 399 g/mol. The summed E-state index contributed by atoms with van der Waals surface area (Å²) >= 11 is 0. The highest BCUT2D eigenvalue weighted by molar-refractivity contribution is 5.84. The summed E-state index contributed by atoms with van der Waals surface area (Å²) in [7, 11) is 0. The van der Waals surface area contributed by atoms with Gasteiger partial charge in [0.1, 0.15) is 5.39 Å². The molecule has 2 heterocycles. The summed E-state index contributed by atoms with van der Waals surface area (Å²) in [6.07, 6.45) is 11.9. The third-order valence-corrected chi connectivity index (χ3v) is 6.33. The molecule has 29 heavy (non-hydrogen) atoms. The maximum absolute atomic E-state index is 12.7. The maximum Gasteiger partial charge on any atom is 0.337 e. The lowest BCUT2D eigenvalue weighted by Crippen LogP contribution is -2.16. The minimum absolute atomic E-state index is 0.0207. The van der Waals surface area contributed by atoms with Gasteiger partial charge in [-0.2, -0.15) is 4.98 Å². The molecule has 156 valence electrons. The maximum atomic E-state index is 12.7. The Bertz CT molecular complexity index is 991. The molecule has 2 aliphatic rings. The van der Waals surface area contributed by atoms with Crippen LogP contribution in [0.1, 0.15) is 76.7 Å². The minimum atomic E-state index is -0.493. The third-order valence-electron chi connectivity index (χ3n) is 6.33. The molecule has 0 atom stereocenters. The van der Waals surface area contributed by atoms with Crippen LogP contribution in [0.3, 0.4) is 0 Å². The number of rotatable bonds is 5. The zero-order valence-corrected chi connectivity index (χ0v) is 17.0. The Kier molecular flexibility index (Phi) is 6.11. The van der Waals surface area contributed by atoms with Gasteiger partial charge in [-0.15, -0.1) is 0 Å². The topological polar surface area (TPSA) is 97.5 Å². The van der Waals surface area contributed by atoms with Crippen molar-refractivity contribution in [3.8, 4) is 6.01 Å². The number of fused-ring (bicyclic) bond motifs is 1. The summed E-state index contributed by atoms with van der Waals surface area (Å²) < 4.78 is 5.21. The summed E-state index contributed by atoms with van der Waals surface area (Å²) in [5.41, 5.74) is 0.841. The molecule has 0 amide bonds. The second kappa shape index (κ2) is 8.93. The van der Waals surface area contributed by atoms with Gasteiger partial charge in [-0.1, -0.05) is 44.2 Å². The third kappa shape index (κ3) is 4.95. The number of nitrogens with zero attached hydrogens (tertiary/aromatic N) is 2. The van der Waals surface area contributed by atoms with Crippen LogP contribution >= 0.6 is 0 Å². The predicted octanol–water partition coefficient (Wildman–Crippen LogP) is 4.33. The number of hydrogen-bond donors (Lipinski definition) is 1. The second-order valence-electron chi connectivity index (χ2n) is 8.62. The van der Waals surface area contributed by atoms with E-state index in [2.05, 4.69) is 22.0 Å². The van der Waals surface area contributed by atoms with Crippen molar-refractivity contribution in [2.75, 3.05) is 0 Å². The van der Waals surface area contributed by atoms with Gasteiger partial charge in [0.05, 0.1) is 5.71 Å². The molecule has 0 unspecified atom stereocenters. The molecule has 2 aromatic rings. The monoisotopic (exact) mass is 399 g/mol. The number of nitrogens with one attached hydrogen (secondary N) is 1. The molecule has 2 aromatic heterocycles. The zero-order valence-electron chi connectivity index (χ0n) is 17.0. The van der Waals surface area contributed by atoms with Crippen LogP contribution < -0.4 is 16.0 Å². The van der Waals surface area contributed by atoms with Gasteiger partial charge in [-0.05, 0) is 55.9 Å². The van der Waals surface area contributed by atoms with E-state index < -0.39 is 5.63 Å². The fourth-order valence-corrected chi connectivity index (χ4v) is 4.50. The molecule has 2 fully saturated rings. The lowest BCUT2D eigenvalue weighted by Gasteiger charge is -2.21. The van der Waals surface area contributed by atoms with E-state index in [-0.39, 0.29) is 17.3 Å². The second-order valence-corrected chi connectivity index (χ2v) is 8.62. The molecule has 0 radical (unpaired) electrons. The van der Waals surface area contributed by atoms with Crippen LogP contribution in [0.25, 0.3) is 11.1 Å². The number of aromatic nitrogens is 2. The Labute approximate surface area is 169 Å². The van der Waals surface area contributed by atoms with E-state index in [0.717, 1.165) is 37.8 Å². The normalized spacial score (nSPS) is 20.7. The highest BCUT2D eigenvalue weighted by atomic mass is 16.6. The van der Waals surface area contributed by atoms with Crippen molar-refractivity contribution in [3.63, 3.8) is 0 Å². The quantitative estimate of drug-likeness (QED) is 0.755. The van der Waals surface area contributed by atoms with Gasteiger partial charge >= 0.3 is 11.6 Å². The smallest absolute Gasteiger partial charge is 0.337 e. The van der Waals surface area contributed by atoms with E-state index in [9.17, 15) is 9.59 Å². The average Bonchev–Trinajstić information content (AvgIpc) is 2.72. The molecule has 7 heteroatoms. The molecule has 2 saturated carbocycles. The van der Waals surface area contributed by atoms with Crippen LogP contribution in [0, 0.1) is 11.8 Å². The van der Waals surface area contributed by atoms with Gasteiger partial charge in [0.25, 0.3) is 5.56 Å². The molecular formula is C22H29N3O4. The molecule has 0 aromatic carbocycles. The number of aromatic amines is 1. The van der Waals surface area contributed by atoms with E-state index in [1.165, 1.54) is 38.2 Å². The molecule has 1 N–H and O–H groups in total. The van der Waals surface area contributed by atoms with Crippen LogP contribution in [0.2, 0.25) is 0 Å². The standard InChI is InChI=1S/C22H29N3O4/c1-14-7-11-17(12-8-14)25-29-22-23-20(27)19-16(13-18(26)28-21(19)24-22)10-9-15-5-3-2-4-6-15/h13-15H,2-12H2,1H3,(H,23,24,27). The lowest BCUT2D eigenvalue weighted by molar-refractivity contribution is 0.305. The van der Waals surface area contributed by atoms with Crippen molar-refractivity contribution >= 4 is 16.8 Å². The van der Waals surface area contributed by atoms with Crippen molar-refractivity contribution in [2.24, 2.45) is 17.0 Å². The molecule has 0 bridgehead atoms. The van der Waals surface area contributed by atoms with Gasteiger partial charge in [-0.3, -0.25) is 9.78 Å². The largest absolute Gasteiger partial charge is 0.403 e. The molecule has 0 spiro atoms. The molecule has 4 rings (SSSR count). The number of oxime groups is 1. The summed E-state index contributed by atoms with van der Waals surface area (Å²) in [4.78, 5) is 36.9. The highest BCUT2D eigenvalue weighted by Gasteiger charge is 2.18. The Morgan fingerprint density at radius 1 is 1.17 bits per heavy atom. The number of hydrogen-bond acceptors (Lipinski definition) is 6. The summed E-state index contributed by atoms with van der Waals surface area (Å²) in [5.74, 6) is 1.36. The van der Waals surface area contributed by atoms with E-state index in [0.29, 0.717) is 29.2 Å². The van der Waals surface area contributed by atoms with E-state index >= 15 is 0 Å².